The number of methoxy groups -OCH3 is 2. The summed E-state index contributed by atoms with van der Waals surface area (Å²) in [5.74, 6) is 1.50. The molecule has 7 heteroatoms. The largest absolute Gasteiger partial charge is 0.493 e. The Labute approximate surface area is 183 Å². The van der Waals surface area contributed by atoms with E-state index in [1.807, 2.05) is 17.5 Å². The van der Waals surface area contributed by atoms with E-state index in [9.17, 15) is 9.18 Å². The second kappa shape index (κ2) is 9.22. The Hall–Kier alpha value is -3.32. The molecule has 0 fully saturated rings. The van der Waals surface area contributed by atoms with Crippen LogP contribution in [0.1, 0.15) is 28.9 Å². The number of carbonyl (C=O) groups excluding carboxylic acids is 1. The fourth-order valence-electron chi connectivity index (χ4n) is 3.44. The van der Waals surface area contributed by atoms with Gasteiger partial charge in [-0.25, -0.2) is 14.4 Å². The smallest absolute Gasteiger partial charge is 0.163 e. The first-order valence-corrected chi connectivity index (χ1v) is 10.7. The van der Waals surface area contributed by atoms with Crippen LogP contribution >= 0.6 is 11.3 Å². The van der Waals surface area contributed by atoms with Crippen LogP contribution < -0.4 is 9.47 Å². The minimum atomic E-state index is -0.237. The molecule has 0 aliphatic carbocycles. The van der Waals surface area contributed by atoms with E-state index < -0.39 is 0 Å². The summed E-state index contributed by atoms with van der Waals surface area (Å²) in [7, 11) is 3.11. The molecule has 0 bridgehead atoms. The number of thiophene rings is 1. The predicted molar refractivity (Wildman–Crippen MR) is 120 cm³/mol. The van der Waals surface area contributed by atoms with E-state index >= 15 is 0 Å². The van der Waals surface area contributed by atoms with Gasteiger partial charge in [-0.15, -0.1) is 11.3 Å². The maximum atomic E-state index is 14.0. The summed E-state index contributed by atoms with van der Waals surface area (Å²) in [5, 5.41) is 2.69. The molecule has 0 spiro atoms. The fraction of sp³-hybridized carbons (Fsp3) is 0.208. The van der Waals surface area contributed by atoms with E-state index in [1.165, 1.54) is 17.4 Å². The molecule has 0 N–H and O–H groups in total. The number of fused-ring (bicyclic) bond motifs is 1. The predicted octanol–water partition coefficient (Wildman–Crippen LogP) is 5.72. The molecule has 0 saturated carbocycles. The highest BCUT2D eigenvalue weighted by atomic mass is 32.1. The topological polar surface area (TPSA) is 61.3 Å². The summed E-state index contributed by atoms with van der Waals surface area (Å²) >= 11 is 1.35. The highest BCUT2D eigenvalue weighted by Gasteiger charge is 2.13. The van der Waals surface area contributed by atoms with Crippen molar-refractivity contribution >= 4 is 27.2 Å². The molecule has 2 heterocycles. The molecule has 4 rings (SSSR count). The van der Waals surface area contributed by atoms with E-state index in [1.54, 1.807) is 44.7 Å². The van der Waals surface area contributed by atoms with Gasteiger partial charge in [-0.2, -0.15) is 0 Å². The molecule has 0 radical (unpaired) electrons. The molecular weight excluding hydrogens is 415 g/mol. The molecule has 158 valence electrons. The molecule has 2 aromatic heterocycles. The van der Waals surface area contributed by atoms with Crippen molar-refractivity contribution in [3.8, 4) is 22.9 Å². The Morgan fingerprint density at radius 2 is 1.94 bits per heavy atom. The number of aromatic nitrogens is 2. The van der Waals surface area contributed by atoms with Crippen LogP contribution in [0.5, 0.6) is 11.5 Å². The van der Waals surface area contributed by atoms with Crippen LogP contribution in [0.3, 0.4) is 0 Å². The van der Waals surface area contributed by atoms with Crippen molar-refractivity contribution in [2.24, 2.45) is 0 Å². The summed E-state index contributed by atoms with van der Waals surface area (Å²) in [4.78, 5) is 21.6. The second-order valence-corrected chi connectivity index (χ2v) is 7.86. The number of hydrogen-bond acceptors (Lipinski definition) is 6. The van der Waals surface area contributed by atoms with Gasteiger partial charge >= 0.3 is 0 Å². The van der Waals surface area contributed by atoms with Gasteiger partial charge in [0, 0.05) is 40.2 Å². The zero-order valence-electron chi connectivity index (χ0n) is 17.2. The van der Waals surface area contributed by atoms with Crippen LogP contribution in [0.4, 0.5) is 4.39 Å². The number of carbonyl (C=O) groups is 1. The third kappa shape index (κ3) is 4.41. The summed E-state index contributed by atoms with van der Waals surface area (Å²) in [6, 6.07) is 12.0. The van der Waals surface area contributed by atoms with E-state index in [2.05, 4.69) is 9.97 Å². The number of aryl methyl sites for hydroxylation is 1. The Bertz CT molecular complexity index is 1240. The standard InChI is InChI=1S/C24H21FN2O3S/c1-29-21-10-9-15(13-22(21)30-2)20(28)8-3-5-16-11-12-26-24(27-16)18-14-31-23-17(18)6-4-7-19(23)25/h4,6-7,9-14H,3,5,8H2,1-2H3. The highest BCUT2D eigenvalue weighted by Crippen LogP contribution is 2.33. The van der Waals surface area contributed by atoms with Crippen molar-refractivity contribution in [3.63, 3.8) is 0 Å². The van der Waals surface area contributed by atoms with Crippen LogP contribution in [0.2, 0.25) is 0 Å². The van der Waals surface area contributed by atoms with Gasteiger partial charge in [0.1, 0.15) is 5.82 Å². The van der Waals surface area contributed by atoms with Crippen molar-refractivity contribution in [1.29, 1.82) is 0 Å². The van der Waals surface area contributed by atoms with Crippen LogP contribution in [-0.4, -0.2) is 30.0 Å². The zero-order chi connectivity index (χ0) is 21.8. The molecule has 0 aliphatic rings. The van der Waals surface area contributed by atoms with E-state index in [-0.39, 0.29) is 11.6 Å². The van der Waals surface area contributed by atoms with Gasteiger partial charge in [-0.1, -0.05) is 12.1 Å². The van der Waals surface area contributed by atoms with Crippen LogP contribution in [0.15, 0.2) is 54.0 Å². The van der Waals surface area contributed by atoms with E-state index in [4.69, 9.17) is 9.47 Å². The number of benzene rings is 2. The van der Waals surface area contributed by atoms with Crippen molar-refractivity contribution < 1.29 is 18.7 Å². The van der Waals surface area contributed by atoms with Gasteiger partial charge in [0.2, 0.25) is 0 Å². The normalized spacial score (nSPS) is 10.9. The van der Waals surface area contributed by atoms with Crippen molar-refractivity contribution in [2.75, 3.05) is 14.2 Å². The number of halogens is 1. The quantitative estimate of drug-likeness (QED) is 0.331. The first kappa shape index (κ1) is 20.9. The van der Waals surface area contributed by atoms with Crippen LogP contribution in [-0.2, 0) is 6.42 Å². The molecule has 0 amide bonds. The number of ether oxygens (including phenoxy) is 2. The van der Waals surface area contributed by atoms with Gasteiger partial charge in [-0.3, -0.25) is 4.79 Å². The third-order valence-corrected chi connectivity index (χ3v) is 6.05. The minimum absolute atomic E-state index is 0.0366. The van der Waals surface area contributed by atoms with E-state index in [0.29, 0.717) is 46.8 Å². The molecule has 2 aromatic carbocycles. The van der Waals surface area contributed by atoms with Crippen LogP contribution in [0, 0.1) is 5.82 Å². The number of ketones is 1. The molecule has 4 aromatic rings. The lowest BCUT2D eigenvalue weighted by Crippen LogP contribution is -2.02. The number of Topliss-reactive ketones (excluding diaryl/α,β-unsaturated/α-hetero) is 1. The van der Waals surface area contributed by atoms with Gasteiger partial charge in [-0.05, 0) is 43.2 Å². The number of nitrogens with zero attached hydrogens (tertiary/aromatic N) is 2. The molecule has 0 unspecified atom stereocenters. The Balaban J connectivity index is 1.44. The Morgan fingerprint density at radius 1 is 1.10 bits per heavy atom. The van der Waals surface area contributed by atoms with E-state index in [0.717, 1.165) is 16.6 Å². The first-order valence-electron chi connectivity index (χ1n) is 9.84. The monoisotopic (exact) mass is 436 g/mol. The lowest BCUT2D eigenvalue weighted by atomic mass is 10.0. The van der Waals surface area contributed by atoms with Gasteiger partial charge < -0.3 is 9.47 Å². The average molecular weight is 437 g/mol. The van der Waals surface area contributed by atoms with Gasteiger partial charge in [0.15, 0.2) is 23.1 Å². The minimum Gasteiger partial charge on any atom is -0.493 e. The maximum absolute atomic E-state index is 14.0. The molecule has 5 nitrogen and oxygen atoms in total. The second-order valence-electron chi connectivity index (χ2n) is 6.98. The number of hydrogen-bond donors (Lipinski definition) is 0. The molecule has 0 atom stereocenters. The van der Waals surface area contributed by atoms with Crippen molar-refractivity contribution in [2.45, 2.75) is 19.3 Å². The highest BCUT2D eigenvalue weighted by molar-refractivity contribution is 7.17. The summed E-state index contributed by atoms with van der Waals surface area (Å²) in [5.41, 5.74) is 2.26. The number of rotatable bonds is 8. The van der Waals surface area contributed by atoms with Gasteiger partial charge in [0.05, 0.1) is 18.9 Å². The first-order chi connectivity index (χ1) is 15.1. The SMILES string of the molecule is COc1ccc(C(=O)CCCc2ccnc(-c3csc4c(F)cccc34)n2)cc1OC. The summed E-state index contributed by atoms with van der Waals surface area (Å²) < 4.78 is 25.1. The third-order valence-electron chi connectivity index (χ3n) is 5.05. The van der Waals surface area contributed by atoms with Crippen LogP contribution in [0.25, 0.3) is 21.5 Å². The molecule has 31 heavy (non-hydrogen) atoms. The zero-order valence-corrected chi connectivity index (χ0v) is 18.0. The lowest BCUT2D eigenvalue weighted by molar-refractivity contribution is 0.0979. The molecule has 0 saturated heterocycles. The maximum Gasteiger partial charge on any atom is 0.163 e. The lowest BCUT2D eigenvalue weighted by Gasteiger charge is -2.09. The molecular formula is C24H21FN2O3S. The van der Waals surface area contributed by atoms with Gasteiger partial charge in [0.25, 0.3) is 0 Å². The summed E-state index contributed by atoms with van der Waals surface area (Å²) in [6.45, 7) is 0. The van der Waals surface area contributed by atoms with Crippen molar-refractivity contribution in [3.05, 3.63) is 71.1 Å². The fourth-order valence-corrected chi connectivity index (χ4v) is 4.40. The molecule has 0 aliphatic heterocycles. The Kier molecular flexibility index (Phi) is 6.23. The van der Waals surface area contributed by atoms with Crippen molar-refractivity contribution in [1.82, 2.24) is 9.97 Å². The summed E-state index contributed by atoms with van der Waals surface area (Å²) in [6.07, 6.45) is 3.39. The average Bonchev–Trinajstić information content (AvgIpc) is 3.24. The Morgan fingerprint density at radius 3 is 2.74 bits per heavy atom.